The van der Waals surface area contributed by atoms with Crippen LogP contribution in [0.25, 0.3) is 21.2 Å². The van der Waals surface area contributed by atoms with E-state index in [0.29, 0.717) is 34.7 Å². The lowest BCUT2D eigenvalue weighted by Crippen LogP contribution is -2.28. The van der Waals surface area contributed by atoms with Gasteiger partial charge < -0.3 is 4.42 Å². The molecule has 0 spiro atoms. The van der Waals surface area contributed by atoms with E-state index in [1.807, 2.05) is 25.1 Å². The Hall–Kier alpha value is -4.19. The van der Waals surface area contributed by atoms with Crippen molar-refractivity contribution in [2.24, 2.45) is 5.10 Å². The van der Waals surface area contributed by atoms with Crippen LogP contribution in [-0.2, 0) is 10.0 Å². The Labute approximate surface area is 234 Å². The first kappa shape index (κ1) is 26.1. The second-order valence-corrected chi connectivity index (χ2v) is 12.4. The second kappa shape index (κ2) is 10.4. The number of aryl methyl sites for hydroxylation is 1. The van der Waals surface area contributed by atoms with Gasteiger partial charge in [-0.3, -0.25) is 9.59 Å². The maximum absolute atomic E-state index is 13.7. The Morgan fingerprint density at radius 3 is 2.60 bits per heavy atom. The third kappa shape index (κ3) is 4.83. The highest BCUT2D eigenvalue weighted by Crippen LogP contribution is 2.31. The SMILES string of the molecule is Cc1ccc2nc(N(/N=C/c3coc4ccccc4c3=O)C(=O)c3ccc(S(=O)(=O)N4CCCC4)cc3)sc2c1. The van der Waals surface area contributed by atoms with Crippen molar-refractivity contribution in [1.82, 2.24) is 9.29 Å². The number of hydrogen-bond acceptors (Lipinski definition) is 8. The summed E-state index contributed by atoms with van der Waals surface area (Å²) >= 11 is 1.28. The molecule has 2 aromatic heterocycles. The van der Waals surface area contributed by atoms with E-state index in [4.69, 9.17) is 4.42 Å². The van der Waals surface area contributed by atoms with Crippen molar-refractivity contribution in [2.75, 3.05) is 18.1 Å². The highest BCUT2D eigenvalue weighted by Gasteiger charge is 2.28. The van der Waals surface area contributed by atoms with Crippen LogP contribution in [0, 0.1) is 6.92 Å². The minimum Gasteiger partial charge on any atom is -0.463 e. The standard InChI is InChI=1S/C29H24N4O5S2/c1-19-8-13-24-26(16-19)39-29(31-24)33(30-17-21-18-38-25-7-3-2-6-23(25)27(21)34)28(35)20-9-11-22(12-10-20)40(36,37)32-14-4-5-15-32/h2-3,6-13,16-18H,4-5,14-15H2,1H3/b30-17+. The van der Waals surface area contributed by atoms with Gasteiger partial charge in [0.05, 0.1) is 32.3 Å². The van der Waals surface area contributed by atoms with E-state index in [2.05, 4.69) is 10.1 Å². The van der Waals surface area contributed by atoms with E-state index in [0.717, 1.165) is 28.1 Å². The molecule has 0 radical (unpaired) electrons. The summed E-state index contributed by atoms with van der Waals surface area (Å²) in [6.45, 7) is 2.95. The number of thiazole rings is 1. The van der Waals surface area contributed by atoms with Gasteiger partial charge in [0, 0.05) is 18.7 Å². The van der Waals surface area contributed by atoms with Crippen LogP contribution in [0.15, 0.2) is 92.2 Å². The summed E-state index contributed by atoms with van der Waals surface area (Å²) in [5, 5.41) is 6.21. The molecule has 3 aromatic carbocycles. The minimum atomic E-state index is -3.62. The first-order valence-corrected chi connectivity index (χ1v) is 14.9. The van der Waals surface area contributed by atoms with Gasteiger partial charge in [-0.05, 0) is 73.9 Å². The molecule has 6 rings (SSSR count). The Morgan fingerprint density at radius 1 is 1.07 bits per heavy atom. The quantitative estimate of drug-likeness (QED) is 0.205. The predicted octanol–water partition coefficient (Wildman–Crippen LogP) is 5.18. The fourth-order valence-electron chi connectivity index (χ4n) is 4.57. The summed E-state index contributed by atoms with van der Waals surface area (Å²) in [5.74, 6) is -0.526. The number of hydrazone groups is 1. The first-order valence-electron chi connectivity index (χ1n) is 12.7. The summed E-state index contributed by atoms with van der Waals surface area (Å²) in [6, 6.07) is 18.4. The third-order valence-corrected chi connectivity index (χ3v) is 9.64. The van der Waals surface area contributed by atoms with Crippen LogP contribution in [0.1, 0.15) is 34.3 Å². The molecule has 1 aliphatic heterocycles. The van der Waals surface area contributed by atoms with E-state index in [1.165, 1.54) is 52.4 Å². The Balaban J connectivity index is 1.38. The number of carbonyl (C=O) groups excluding carboxylic acids is 1. The molecule has 0 aliphatic carbocycles. The van der Waals surface area contributed by atoms with Crippen molar-refractivity contribution in [3.8, 4) is 0 Å². The summed E-state index contributed by atoms with van der Waals surface area (Å²) in [4.78, 5) is 31.5. The molecule has 11 heteroatoms. The van der Waals surface area contributed by atoms with Gasteiger partial charge in [0.15, 0.2) is 0 Å². The number of hydrogen-bond donors (Lipinski definition) is 0. The smallest absolute Gasteiger partial charge is 0.280 e. The number of aromatic nitrogens is 1. The molecular formula is C29H24N4O5S2. The normalized spacial score (nSPS) is 14.4. The van der Waals surface area contributed by atoms with Crippen LogP contribution < -0.4 is 10.4 Å². The van der Waals surface area contributed by atoms with E-state index < -0.39 is 15.9 Å². The maximum atomic E-state index is 13.7. The number of carbonyl (C=O) groups is 1. The number of fused-ring (bicyclic) bond motifs is 2. The Morgan fingerprint density at radius 2 is 1.82 bits per heavy atom. The van der Waals surface area contributed by atoms with Crippen LogP contribution in [0.2, 0.25) is 0 Å². The molecule has 202 valence electrons. The molecular weight excluding hydrogens is 548 g/mol. The topological polar surface area (TPSA) is 113 Å². The van der Waals surface area contributed by atoms with Crippen LogP contribution in [0.5, 0.6) is 0 Å². The number of nitrogens with zero attached hydrogens (tertiary/aromatic N) is 4. The zero-order chi connectivity index (χ0) is 27.9. The van der Waals surface area contributed by atoms with Crippen LogP contribution in [0.4, 0.5) is 5.13 Å². The average Bonchev–Trinajstić information content (AvgIpc) is 3.65. The summed E-state index contributed by atoms with van der Waals surface area (Å²) < 4.78 is 33.8. The van der Waals surface area contributed by atoms with Crippen LogP contribution in [-0.4, -0.2) is 42.9 Å². The zero-order valence-corrected chi connectivity index (χ0v) is 23.1. The van der Waals surface area contributed by atoms with Crippen LogP contribution in [0.3, 0.4) is 0 Å². The predicted molar refractivity (Wildman–Crippen MR) is 156 cm³/mol. The van der Waals surface area contributed by atoms with Gasteiger partial charge in [0.1, 0.15) is 11.8 Å². The molecule has 0 saturated carbocycles. The molecule has 1 saturated heterocycles. The summed E-state index contributed by atoms with van der Waals surface area (Å²) in [6.07, 6.45) is 4.25. The van der Waals surface area contributed by atoms with Gasteiger partial charge in [-0.25, -0.2) is 13.4 Å². The molecule has 0 N–H and O–H groups in total. The Kier molecular flexibility index (Phi) is 6.78. The van der Waals surface area contributed by atoms with E-state index in [9.17, 15) is 18.0 Å². The minimum absolute atomic E-state index is 0.130. The highest BCUT2D eigenvalue weighted by molar-refractivity contribution is 7.89. The van der Waals surface area contributed by atoms with Gasteiger partial charge in [0.25, 0.3) is 5.91 Å². The molecule has 0 atom stereocenters. The fraction of sp³-hybridized carbons (Fsp3) is 0.172. The number of sulfonamides is 1. The van der Waals surface area contributed by atoms with Crippen molar-refractivity contribution >= 4 is 59.8 Å². The lowest BCUT2D eigenvalue weighted by molar-refractivity contribution is 0.0987. The first-order chi connectivity index (χ1) is 19.3. The van der Waals surface area contributed by atoms with E-state index in [1.54, 1.807) is 24.3 Å². The average molecular weight is 573 g/mol. The fourth-order valence-corrected chi connectivity index (χ4v) is 7.11. The van der Waals surface area contributed by atoms with Crippen molar-refractivity contribution in [3.63, 3.8) is 0 Å². The molecule has 0 bridgehead atoms. The number of amides is 1. The lowest BCUT2D eigenvalue weighted by atomic mass is 10.2. The lowest BCUT2D eigenvalue weighted by Gasteiger charge is -2.16. The van der Waals surface area contributed by atoms with Gasteiger partial charge in [-0.2, -0.15) is 14.4 Å². The van der Waals surface area contributed by atoms with Gasteiger partial charge in [-0.1, -0.05) is 29.5 Å². The monoisotopic (exact) mass is 572 g/mol. The molecule has 5 aromatic rings. The van der Waals surface area contributed by atoms with Gasteiger partial charge in [-0.15, -0.1) is 0 Å². The largest absolute Gasteiger partial charge is 0.463 e. The number of benzene rings is 3. The highest BCUT2D eigenvalue weighted by atomic mass is 32.2. The maximum Gasteiger partial charge on any atom is 0.280 e. The molecule has 40 heavy (non-hydrogen) atoms. The summed E-state index contributed by atoms with van der Waals surface area (Å²) in [5.41, 5.74) is 2.31. The molecule has 1 aliphatic rings. The second-order valence-electron chi connectivity index (χ2n) is 9.48. The molecule has 1 fully saturated rings. The van der Waals surface area contributed by atoms with Crippen molar-refractivity contribution in [1.29, 1.82) is 0 Å². The number of anilines is 1. The van der Waals surface area contributed by atoms with E-state index in [-0.39, 0.29) is 21.5 Å². The molecule has 1 amide bonds. The van der Waals surface area contributed by atoms with E-state index >= 15 is 0 Å². The molecule has 3 heterocycles. The third-order valence-electron chi connectivity index (χ3n) is 6.73. The van der Waals surface area contributed by atoms with Crippen LogP contribution >= 0.6 is 11.3 Å². The summed E-state index contributed by atoms with van der Waals surface area (Å²) in [7, 11) is -3.62. The van der Waals surface area contributed by atoms with Crippen molar-refractivity contribution < 1.29 is 17.6 Å². The van der Waals surface area contributed by atoms with Gasteiger partial charge >= 0.3 is 0 Å². The molecule has 9 nitrogen and oxygen atoms in total. The van der Waals surface area contributed by atoms with Gasteiger partial charge in [0.2, 0.25) is 20.6 Å². The zero-order valence-electron chi connectivity index (χ0n) is 21.5. The Bertz CT molecular complexity index is 1940. The molecule has 0 unspecified atom stereocenters. The van der Waals surface area contributed by atoms with Crippen molar-refractivity contribution in [2.45, 2.75) is 24.7 Å². The van der Waals surface area contributed by atoms with Crippen molar-refractivity contribution in [3.05, 3.63) is 99.9 Å². The number of para-hydroxylation sites is 1. The number of rotatable bonds is 6.